The normalized spacial score (nSPS) is 19.1. The monoisotopic (exact) mass is 1090 g/mol. The Morgan fingerprint density at radius 2 is 1.55 bits per heavy atom. The van der Waals surface area contributed by atoms with Crippen LogP contribution in [0.25, 0.3) is 10.4 Å². The first kappa shape index (κ1) is 59.2. The van der Waals surface area contributed by atoms with Crippen molar-refractivity contribution in [2.45, 2.75) is 122 Å². The van der Waals surface area contributed by atoms with Crippen molar-refractivity contribution >= 4 is 46.6 Å². The van der Waals surface area contributed by atoms with Gasteiger partial charge in [-0.1, -0.05) is 82.9 Å². The number of likely N-dealkylation sites (tertiary alicyclic amines) is 1. The number of nitrogens with one attached hydrogen (secondary N) is 4. The number of carbonyl (C=O) groups excluding carboxylic acids is 5. The molecule has 78 heavy (non-hydrogen) atoms. The zero-order valence-corrected chi connectivity index (χ0v) is 46.3. The molecule has 6 N–H and O–H groups in total. The first-order valence-corrected chi connectivity index (χ1v) is 28.2. The highest BCUT2D eigenvalue weighted by Crippen LogP contribution is 2.43. The Kier molecular flexibility index (Phi) is 22.4. The van der Waals surface area contributed by atoms with E-state index in [1.165, 1.54) is 17.0 Å². The maximum Gasteiger partial charge on any atom is 0.246 e. The second-order valence-corrected chi connectivity index (χ2v) is 22.1. The van der Waals surface area contributed by atoms with Gasteiger partial charge in [0.1, 0.15) is 36.0 Å². The molecule has 0 spiro atoms. The van der Waals surface area contributed by atoms with Gasteiger partial charge in [0.2, 0.25) is 23.6 Å². The fourth-order valence-electron chi connectivity index (χ4n) is 9.99. The molecule has 20 heteroatoms. The Morgan fingerprint density at radius 1 is 0.821 bits per heavy atom. The van der Waals surface area contributed by atoms with E-state index in [0.29, 0.717) is 51.4 Å². The van der Waals surface area contributed by atoms with Crippen molar-refractivity contribution in [2.75, 3.05) is 70.8 Å². The second kappa shape index (κ2) is 29.5. The van der Waals surface area contributed by atoms with Gasteiger partial charge in [0.15, 0.2) is 5.78 Å². The number of pyridine rings is 1. The fourth-order valence-corrected chi connectivity index (χ4v) is 10.8. The van der Waals surface area contributed by atoms with E-state index in [-0.39, 0.29) is 74.3 Å². The van der Waals surface area contributed by atoms with Crippen LogP contribution in [0.2, 0.25) is 0 Å². The molecule has 4 fully saturated rings. The smallest absolute Gasteiger partial charge is 0.246 e. The van der Waals surface area contributed by atoms with E-state index in [9.17, 15) is 34.2 Å². The van der Waals surface area contributed by atoms with Crippen LogP contribution >= 0.6 is 11.3 Å². The summed E-state index contributed by atoms with van der Waals surface area (Å²) in [6.45, 7) is 10.7. The topological polar surface area (TPSA) is 243 Å². The predicted molar refractivity (Wildman–Crippen MR) is 297 cm³/mol. The minimum Gasteiger partial charge on any atom is -0.507 e. The third kappa shape index (κ3) is 17.3. The number of amides is 4. The van der Waals surface area contributed by atoms with Crippen LogP contribution in [0.15, 0.2) is 84.6 Å². The Labute approximate surface area is 461 Å². The number of anilines is 1. The van der Waals surface area contributed by atoms with Crippen molar-refractivity contribution in [3.63, 3.8) is 0 Å². The molecule has 2 bridgehead atoms. The molecule has 2 aromatic heterocycles. The number of hydrogen-bond acceptors (Lipinski definition) is 16. The van der Waals surface area contributed by atoms with Crippen LogP contribution in [0.4, 0.5) is 5.82 Å². The van der Waals surface area contributed by atoms with Crippen molar-refractivity contribution < 1.29 is 53.1 Å². The number of unbranched alkanes of at least 4 members (excludes halogenated alkanes) is 5. The molecule has 3 aliphatic heterocycles. The third-order valence-corrected chi connectivity index (χ3v) is 15.3. The van der Waals surface area contributed by atoms with Crippen molar-refractivity contribution in [1.29, 1.82) is 0 Å². The highest BCUT2D eigenvalue weighted by atomic mass is 32.1. The van der Waals surface area contributed by atoms with Gasteiger partial charge in [-0.3, -0.25) is 24.0 Å². The molecule has 0 radical (unpaired) electrons. The number of hydrogen-bond donors (Lipinski definition) is 6. The number of carbonyl (C=O) groups is 5. The second-order valence-electron chi connectivity index (χ2n) is 21.3. The number of aromatic nitrogens is 2. The number of phenolic OH excluding ortho intramolecular Hbond substituents is 1. The number of allylic oxidation sites excluding steroid dienone is 1. The Morgan fingerprint density at radius 3 is 2.27 bits per heavy atom. The summed E-state index contributed by atoms with van der Waals surface area (Å²) in [6, 6.07) is 17.1. The standard InChI is InChI=1S/C58H78N8O11S/c1-39-54(78-38-63-39)41-18-16-40(17-19-41)33-62-56(72)47-32-43(67)36-66(47)57(73)55(58(2,3)4)64-52(71)37-76-30-29-75-28-27-74-26-24-59-51(70)15-9-7-5-6-8-12-25-77-44-20-21-50(61-34-44)65-35-42-31-46(65)53(42)60-23-22-49(69)45-13-10-11-14-48(45)68/h10-11,13-14,16-23,34,38,42-43,46-47,53,55,60,67-68H,5-9,12,15,24-33,35-37H2,1-4H3,(H,59,70)(H,62,72)(H,64,71)/b23-22+/t42-,43+,46+,47-,53?,55+/m0/s1. The number of aryl methyl sites for hydroxylation is 1. The van der Waals surface area contributed by atoms with Crippen LogP contribution in [-0.4, -0.2) is 151 Å². The van der Waals surface area contributed by atoms with E-state index in [1.54, 1.807) is 41.9 Å². The van der Waals surface area contributed by atoms with E-state index < -0.39 is 35.4 Å². The number of phenols is 1. The number of aromatic hydroxyl groups is 1. The number of β-amino-alcohol motifs (C(OH)–C–C–N with tert-alkyl or cyclic N) is 1. The third-order valence-electron chi connectivity index (χ3n) is 14.3. The SMILES string of the molecule is Cc1ncsc1-c1ccc(CNC(=O)[C@@H]2C[C@@H](O)CN2C(=O)[C@@H](NC(=O)COCCOCCOCCNC(=O)CCCCCCCCOc2ccc(N3C[C@@H]4C[C@@H]3C4N/C=C/C(=O)c3ccccc3O)nc2)C(C)(C)C)cc1. The number of ketones is 1. The lowest BCUT2D eigenvalue weighted by atomic mass is 9.80. The van der Waals surface area contributed by atoms with E-state index in [0.717, 1.165) is 84.8 Å². The fraction of sp³-hybridized carbons (Fsp3) is 0.534. The summed E-state index contributed by atoms with van der Waals surface area (Å²) in [5, 5.41) is 32.5. The molecule has 1 unspecified atom stereocenters. The Hall–Kier alpha value is -6.45. The number of rotatable bonds is 32. The molecule has 2 aromatic carbocycles. The molecule has 1 saturated carbocycles. The summed E-state index contributed by atoms with van der Waals surface area (Å²) in [5.41, 5.74) is 4.29. The number of nitrogens with zero attached hydrogens (tertiary/aromatic N) is 4. The molecule has 4 aromatic rings. The van der Waals surface area contributed by atoms with Gasteiger partial charge in [0, 0.05) is 57.2 Å². The molecule has 19 nitrogen and oxygen atoms in total. The van der Waals surface area contributed by atoms with Gasteiger partial charge in [0.25, 0.3) is 0 Å². The van der Waals surface area contributed by atoms with Crippen molar-refractivity contribution in [3.05, 3.63) is 101 Å². The Bertz CT molecular complexity index is 2610. The number of thiazole rings is 1. The van der Waals surface area contributed by atoms with Gasteiger partial charge in [-0.05, 0) is 67.0 Å². The molecule has 422 valence electrons. The van der Waals surface area contributed by atoms with E-state index in [1.807, 2.05) is 69.6 Å². The average Bonchev–Trinajstić information content (AvgIpc) is 4.38. The van der Waals surface area contributed by atoms with Crippen molar-refractivity contribution in [1.82, 2.24) is 36.1 Å². The van der Waals surface area contributed by atoms with Crippen LogP contribution in [0.1, 0.15) is 100 Å². The average molecular weight is 1100 g/mol. The van der Waals surface area contributed by atoms with Crippen molar-refractivity contribution in [3.8, 4) is 21.9 Å². The summed E-state index contributed by atoms with van der Waals surface area (Å²) < 4.78 is 22.6. The summed E-state index contributed by atoms with van der Waals surface area (Å²) in [6.07, 6.45) is 11.7. The van der Waals surface area contributed by atoms with Crippen LogP contribution in [0, 0.1) is 18.3 Å². The van der Waals surface area contributed by atoms with E-state index in [2.05, 4.69) is 36.1 Å². The minimum atomic E-state index is -0.971. The molecule has 5 heterocycles. The molecule has 8 rings (SSSR count). The van der Waals surface area contributed by atoms with Gasteiger partial charge < -0.3 is 60.2 Å². The molecular weight excluding hydrogens is 1020 g/mol. The number of aliphatic hydroxyl groups is 1. The maximum absolute atomic E-state index is 13.9. The zero-order valence-electron chi connectivity index (χ0n) is 45.5. The first-order chi connectivity index (χ1) is 37.7. The largest absolute Gasteiger partial charge is 0.507 e. The number of benzene rings is 2. The number of aliphatic hydroxyl groups excluding tert-OH is 1. The lowest BCUT2D eigenvalue weighted by Gasteiger charge is -2.36. The minimum absolute atomic E-state index is 0.00545. The number of ether oxygens (including phenoxy) is 4. The first-order valence-electron chi connectivity index (χ1n) is 27.3. The summed E-state index contributed by atoms with van der Waals surface area (Å²) >= 11 is 1.57. The maximum atomic E-state index is 13.9. The summed E-state index contributed by atoms with van der Waals surface area (Å²) in [7, 11) is 0. The van der Waals surface area contributed by atoms with Gasteiger partial charge in [-0.25, -0.2) is 9.97 Å². The van der Waals surface area contributed by atoms with E-state index >= 15 is 0 Å². The molecule has 6 atom stereocenters. The number of fused-ring (bicyclic) bond motifs is 1. The molecule has 3 saturated heterocycles. The summed E-state index contributed by atoms with van der Waals surface area (Å²) in [5.74, 6) is 0.577. The molecule has 4 aliphatic rings. The molecule has 1 aliphatic carbocycles. The van der Waals surface area contributed by atoms with Crippen LogP contribution in [-0.2, 0) is 39.9 Å². The highest BCUT2D eigenvalue weighted by Gasteiger charge is 2.52. The zero-order chi connectivity index (χ0) is 55.4. The molecular formula is C58H78N8O11S. The predicted octanol–water partition coefficient (Wildman–Crippen LogP) is 5.87. The van der Waals surface area contributed by atoms with E-state index in [4.69, 9.17) is 18.9 Å². The van der Waals surface area contributed by atoms with Crippen LogP contribution in [0.3, 0.4) is 0 Å². The van der Waals surface area contributed by atoms with Crippen LogP contribution in [0.5, 0.6) is 11.5 Å². The summed E-state index contributed by atoms with van der Waals surface area (Å²) in [4.78, 5) is 78.8. The van der Waals surface area contributed by atoms with Crippen molar-refractivity contribution in [2.24, 2.45) is 11.3 Å². The lowest BCUT2D eigenvalue weighted by molar-refractivity contribution is -0.144. The van der Waals surface area contributed by atoms with Gasteiger partial charge in [-0.2, -0.15) is 0 Å². The molecule has 4 amide bonds. The highest BCUT2D eigenvalue weighted by molar-refractivity contribution is 7.13. The van der Waals surface area contributed by atoms with Gasteiger partial charge in [-0.15, -0.1) is 11.3 Å². The quantitative estimate of drug-likeness (QED) is 0.0190. The van der Waals surface area contributed by atoms with Gasteiger partial charge in [0.05, 0.1) is 85.7 Å². The lowest BCUT2D eigenvalue weighted by Crippen LogP contribution is -2.58. The van der Waals surface area contributed by atoms with Gasteiger partial charge >= 0.3 is 0 Å². The number of para-hydroxylation sites is 1. The van der Waals surface area contributed by atoms with Crippen LogP contribution < -0.4 is 30.9 Å². The Balaban J connectivity index is 0.649.